The summed E-state index contributed by atoms with van der Waals surface area (Å²) in [5, 5.41) is 1.19. The maximum Gasteiger partial charge on any atom is 0.227 e. The van der Waals surface area contributed by atoms with Gasteiger partial charge >= 0.3 is 0 Å². The van der Waals surface area contributed by atoms with E-state index in [4.69, 9.17) is 4.98 Å². The van der Waals surface area contributed by atoms with E-state index in [1.807, 2.05) is 11.2 Å². The number of hydrogen-bond donors (Lipinski definition) is 0. The van der Waals surface area contributed by atoms with E-state index in [1.54, 1.807) is 0 Å². The summed E-state index contributed by atoms with van der Waals surface area (Å²) >= 11 is 0. The molecule has 0 radical (unpaired) electrons. The molecular formula is C24H29N5O. The topological polar surface area (TPSA) is 54.3 Å². The molecule has 0 atom stereocenters. The number of hydrogen-bond acceptors (Lipinski definition) is 4. The number of likely N-dealkylation sites (N-methyl/N-ethyl adjacent to an activating group) is 1. The Kier molecular flexibility index (Phi) is 5.03. The van der Waals surface area contributed by atoms with Crippen molar-refractivity contribution >= 4 is 16.8 Å². The van der Waals surface area contributed by atoms with Crippen LogP contribution in [0.1, 0.15) is 36.8 Å². The van der Waals surface area contributed by atoms with E-state index in [-0.39, 0.29) is 5.91 Å². The highest BCUT2D eigenvalue weighted by molar-refractivity contribution is 5.88. The number of piperazine rings is 1. The zero-order chi connectivity index (χ0) is 20.7. The molecule has 1 aromatic carbocycles. The lowest BCUT2D eigenvalue weighted by Crippen LogP contribution is -2.47. The standard InChI is InChI=1S/C24H29N5O/c1-3-28-15-23(25-16-28)22-14-19(18-5-6-18)20-12-17(4-7-21(20)26-22)13-24(30)29-10-8-27(2)9-11-29/h4,7,12,14-16,18H,3,5-6,8-11,13H2,1-2H3. The van der Waals surface area contributed by atoms with E-state index in [0.29, 0.717) is 12.3 Å². The Hall–Kier alpha value is -2.73. The first-order chi connectivity index (χ1) is 14.6. The summed E-state index contributed by atoms with van der Waals surface area (Å²) in [6, 6.07) is 8.55. The lowest BCUT2D eigenvalue weighted by molar-refractivity contribution is -0.132. The number of imidazole rings is 1. The SMILES string of the molecule is CCn1cnc(-c2cc(C3CC3)c3cc(CC(=O)N4CCN(C)CC4)ccc3n2)c1. The minimum absolute atomic E-state index is 0.227. The molecule has 0 unspecified atom stereocenters. The van der Waals surface area contributed by atoms with Gasteiger partial charge in [-0.05, 0) is 62.1 Å². The van der Waals surface area contributed by atoms with Crippen LogP contribution < -0.4 is 0 Å². The summed E-state index contributed by atoms with van der Waals surface area (Å²) < 4.78 is 2.07. The maximum absolute atomic E-state index is 12.8. The van der Waals surface area contributed by atoms with Crippen molar-refractivity contribution in [3.05, 3.63) is 47.9 Å². The lowest BCUT2D eigenvalue weighted by Gasteiger charge is -2.32. The van der Waals surface area contributed by atoms with Gasteiger partial charge in [-0.2, -0.15) is 0 Å². The molecule has 6 nitrogen and oxygen atoms in total. The summed E-state index contributed by atoms with van der Waals surface area (Å²) in [7, 11) is 2.11. The van der Waals surface area contributed by atoms with E-state index in [2.05, 4.69) is 58.9 Å². The third-order valence-electron chi connectivity index (χ3n) is 6.39. The van der Waals surface area contributed by atoms with Crippen LogP contribution in [-0.2, 0) is 17.8 Å². The van der Waals surface area contributed by atoms with Crippen molar-refractivity contribution in [2.24, 2.45) is 0 Å². The molecule has 5 rings (SSSR count). The van der Waals surface area contributed by atoms with Crippen LogP contribution in [0, 0.1) is 0 Å². The van der Waals surface area contributed by atoms with Gasteiger partial charge < -0.3 is 14.4 Å². The van der Waals surface area contributed by atoms with E-state index >= 15 is 0 Å². The molecular weight excluding hydrogens is 374 g/mol. The molecule has 2 fully saturated rings. The molecule has 1 amide bonds. The number of pyridine rings is 1. The second-order valence-electron chi connectivity index (χ2n) is 8.67. The fourth-order valence-electron chi connectivity index (χ4n) is 4.28. The normalized spacial score (nSPS) is 17.6. The molecule has 156 valence electrons. The highest BCUT2D eigenvalue weighted by Gasteiger charge is 2.27. The van der Waals surface area contributed by atoms with Crippen molar-refractivity contribution in [3.8, 4) is 11.4 Å². The van der Waals surface area contributed by atoms with E-state index in [1.165, 1.54) is 23.8 Å². The molecule has 2 aliphatic rings. The molecule has 1 aliphatic carbocycles. The van der Waals surface area contributed by atoms with Gasteiger partial charge in [-0.25, -0.2) is 9.97 Å². The van der Waals surface area contributed by atoms with Crippen LogP contribution in [0.5, 0.6) is 0 Å². The molecule has 2 aromatic heterocycles. The Morgan fingerprint density at radius 3 is 2.60 bits per heavy atom. The van der Waals surface area contributed by atoms with Crippen molar-refractivity contribution in [1.82, 2.24) is 24.3 Å². The highest BCUT2D eigenvalue weighted by Crippen LogP contribution is 2.44. The van der Waals surface area contributed by atoms with Crippen LogP contribution in [0.4, 0.5) is 0 Å². The number of fused-ring (bicyclic) bond motifs is 1. The average Bonchev–Trinajstić information content (AvgIpc) is 3.49. The summed E-state index contributed by atoms with van der Waals surface area (Å²) in [5.74, 6) is 0.830. The highest BCUT2D eigenvalue weighted by atomic mass is 16.2. The monoisotopic (exact) mass is 403 g/mol. The third-order valence-corrected chi connectivity index (χ3v) is 6.39. The van der Waals surface area contributed by atoms with Gasteiger partial charge in [0.15, 0.2) is 0 Å². The largest absolute Gasteiger partial charge is 0.340 e. The van der Waals surface area contributed by atoms with Crippen molar-refractivity contribution in [2.75, 3.05) is 33.2 Å². The first-order valence-corrected chi connectivity index (χ1v) is 11.0. The van der Waals surface area contributed by atoms with Crippen LogP contribution in [-0.4, -0.2) is 63.5 Å². The number of carbonyl (C=O) groups excluding carboxylic acids is 1. The maximum atomic E-state index is 12.8. The van der Waals surface area contributed by atoms with Crippen molar-refractivity contribution in [3.63, 3.8) is 0 Å². The minimum atomic E-state index is 0.227. The van der Waals surface area contributed by atoms with Gasteiger partial charge in [0.05, 0.1) is 24.0 Å². The number of aryl methyl sites for hydroxylation is 1. The summed E-state index contributed by atoms with van der Waals surface area (Å²) in [6.07, 6.45) is 6.85. The minimum Gasteiger partial charge on any atom is -0.340 e. The summed E-state index contributed by atoms with van der Waals surface area (Å²) in [4.78, 5) is 26.5. The fourth-order valence-corrected chi connectivity index (χ4v) is 4.28. The Morgan fingerprint density at radius 1 is 1.10 bits per heavy atom. The number of amides is 1. The molecule has 30 heavy (non-hydrogen) atoms. The number of carbonyl (C=O) groups is 1. The molecule has 1 aliphatic heterocycles. The van der Waals surface area contributed by atoms with E-state index < -0.39 is 0 Å². The van der Waals surface area contributed by atoms with Crippen LogP contribution in [0.2, 0.25) is 0 Å². The van der Waals surface area contributed by atoms with E-state index in [9.17, 15) is 4.79 Å². The second kappa shape index (κ2) is 7.84. The predicted molar refractivity (Wildman–Crippen MR) is 118 cm³/mol. The first kappa shape index (κ1) is 19.2. The number of benzene rings is 1. The molecule has 3 heterocycles. The number of rotatable bonds is 5. The Balaban J connectivity index is 1.44. The zero-order valence-corrected chi connectivity index (χ0v) is 17.8. The quantitative estimate of drug-likeness (QED) is 0.656. The zero-order valence-electron chi connectivity index (χ0n) is 17.8. The van der Waals surface area contributed by atoms with Crippen LogP contribution in [0.15, 0.2) is 36.8 Å². The third kappa shape index (κ3) is 3.84. The fraction of sp³-hybridized carbons (Fsp3) is 0.458. The molecule has 3 aromatic rings. The van der Waals surface area contributed by atoms with Crippen molar-refractivity contribution in [1.29, 1.82) is 0 Å². The smallest absolute Gasteiger partial charge is 0.227 e. The van der Waals surface area contributed by atoms with Gasteiger partial charge in [0.2, 0.25) is 5.91 Å². The van der Waals surface area contributed by atoms with E-state index in [0.717, 1.165) is 55.2 Å². The average molecular weight is 404 g/mol. The summed E-state index contributed by atoms with van der Waals surface area (Å²) in [6.45, 7) is 6.57. The molecule has 1 saturated carbocycles. The predicted octanol–water partition coefficient (Wildman–Crippen LogP) is 3.31. The number of nitrogens with zero attached hydrogens (tertiary/aromatic N) is 5. The van der Waals surface area contributed by atoms with Crippen molar-refractivity contribution < 1.29 is 4.79 Å². The van der Waals surface area contributed by atoms with Crippen molar-refractivity contribution in [2.45, 2.75) is 38.6 Å². The number of aromatic nitrogens is 3. The Morgan fingerprint density at radius 2 is 1.90 bits per heavy atom. The molecule has 0 N–H and O–H groups in total. The Labute approximate surface area is 177 Å². The van der Waals surface area contributed by atoms with Crippen LogP contribution >= 0.6 is 0 Å². The molecule has 1 saturated heterocycles. The Bertz CT molecular complexity index is 1080. The summed E-state index contributed by atoms with van der Waals surface area (Å²) in [5.41, 5.74) is 5.30. The lowest BCUT2D eigenvalue weighted by atomic mass is 9.99. The first-order valence-electron chi connectivity index (χ1n) is 11.0. The van der Waals surface area contributed by atoms with Gasteiger partial charge in [0.25, 0.3) is 0 Å². The molecule has 6 heteroatoms. The molecule has 0 spiro atoms. The second-order valence-corrected chi connectivity index (χ2v) is 8.67. The van der Waals surface area contributed by atoms with Gasteiger partial charge in [0.1, 0.15) is 5.69 Å². The van der Waals surface area contributed by atoms with Gasteiger partial charge in [0, 0.05) is 44.3 Å². The van der Waals surface area contributed by atoms with Gasteiger partial charge in [-0.3, -0.25) is 4.79 Å². The van der Waals surface area contributed by atoms with Gasteiger partial charge in [-0.1, -0.05) is 6.07 Å². The molecule has 0 bridgehead atoms. The van der Waals surface area contributed by atoms with Gasteiger partial charge in [-0.15, -0.1) is 0 Å². The van der Waals surface area contributed by atoms with Crippen LogP contribution in [0.25, 0.3) is 22.3 Å². The van der Waals surface area contributed by atoms with Crippen LogP contribution in [0.3, 0.4) is 0 Å².